The number of nitrogens with zero attached hydrogens (tertiary/aromatic N) is 1. The normalized spacial score (nSPS) is 11.7. The maximum absolute atomic E-state index is 11.9. The van der Waals surface area contributed by atoms with E-state index < -0.39 is 16.8 Å². The topological polar surface area (TPSA) is 110 Å². The number of carboxylic acids is 1. The predicted octanol–water partition coefficient (Wildman–Crippen LogP) is 1.83. The molecule has 7 heteroatoms. The first-order valence-electron chi connectivity index (χ1n) is 6.15. The van der Waals surface area contributed by atoms with Crippen molar-refractivity contribution in [3.05, 3.63) is 39.9 Å². The second-order valence-corrected chi connectivity index (χ2v) is 4.52. The van der Waals surface area contributed by atoms with Crippen LogP contribution < -0.4 is 5.32 Å². The summed E-state index contributed by atoms with van der Waals surface area (Å²) in [5, 5.41) is 21.9. The van der Waals surface area contributed by atoms with Crippen LogP contribution in [0.2, 0.25) is 0 Å². The highest BCUT2D eigenvalue weighted by Crippen LogP contribution is 2.17. The molecule has 0 aliphatic rings. The number of aliphatic carboxylic acids is 1. The average molecular weight is 280 g/mol. The van der Waals surface area contributed by atoms with Gasteiger partial charge in [0.25, 0.3) is 11.6 Å². The fourth-order valence-corrected chi connectivity index (χ4v) is 1.66. The molecule has 1 unspecified atom stereocenters. The number of nitro groups is 1. The molecular formula is C13H16N2O5. The van der Waals surface area contributed by atoms with Gasteiger partial charge in [0, 0.05) is 19.0 Å². The van der Waals surface area contributed by atoms with Gasteiger partial charge in [-0.25, -0.2) is 0 Å². The number of nitro benzene ring substituents is 1. The summed E-state index contributed by atoms with van der Waals surface area (Å²) in [6.07, 6.45) is 0.467. The molecule has 1 rings (SSSR count). The molecule has 0 spiro atoms. The van der Waals surface area contributed by atoms with E-state index in [0.29, 0.717) is 6.42 Å². The van der Waals surface area contributed by atoms with Crippen molar-refractivity contribution in [1.82, 2.24) is 5.32 Å². The van der Waals surface area contributed by atoms with Gasteiger partial charge >= 0.3 is 5.97 Å². The minimum absolute atomic E-state index is 0.00272. The Kier molecular flexibility index (Phi) is 5.64. The van der Waals surface area contributed by atoms with Crippen molar-refractivity contribution in [2.75, 3.05) is 6.54 Å². The van der Waals surface area contributed by atoms with Crippen LogP contribution in [0.3, 0.4) is 0 Å². The molecular weight excluding hydrogens is 264 g/mol. The number of para-hydroxylation sites is 1. The first kappa shape index (κ1) is 15.6. The summed E-state index contributed by atoms with van der Waals surface area (Å²) in [5.41, 5.74) is -0.244. The van der Waals surface area contributed by atoms with E-state index in [-0.39, 0.29) is 30.1 Å². The van der Waals surface area contributed by atoms with Gasteiger partial charge in [-0.2, -0.15) is 0 Å². The number of carboxylic acid groups (broad SMARTS) is 1. The summed E-state index contributed by atoms with van der Waals surface area (Å²) in [4.78, 5) is 32.5. The lowest BCUT2D eigenvalue weighted by atomic mass is 10.1. The summed E-state index contributed by atoms with van der Waals surface area (Å²) in [5.74, 6) is -1.43. The Morgan fingerprint density at radius 1 is 1.40 bits per heavy atom. The Balaban J connectivity index is 2.59. The molecule has 2 N–H and O–H groups in total. The maximum Gasteiger partial charge on any atom is 0.303 e. The smallest absolute Gasteiger partial charge is 0.303 e. The van der Waals surface area contributed by atoms with Crippen LogP contribution in [0.25, 0.3) is 0 Å². The van der Waals surface area contributed by atoms with Crippen LogP contribution >= 0.6 is 0 Å². The van der Waals surface area contributed by atoms with E-state index in [0.717, 1.165) is 0 Å². The molecule has 1 atom stereocenters. The van der Waals surface area contributed by atoms with Gasteiger partial charge in [0.05, 0.1) is 4.92 Å². The third kappa shape index (κ3) is 4.68. The van der Waals surface area contributed by atoms with Crippen molar-refractivity contribution < 1.29 is 19.6 Å². The third-order valence-corrected chi connectivity index (χ3v) is 2.81. The number of nitrogens with one attached hydrogen (secondary N) is 1. The molecule has 108 valence electrons. The largest absolute Gasteiger partial charge is 0.481 e. The van der Waals surface area contributed by atoms with Crippen molar-refractivity contribution in [2.45, 2.75) is 19.8 Å². The van der Waals surface area contributed by atoms with E-state index in [1.807, 2.05) is 6.92 Å². The van der Waals surface area contributed by atoms with Crippen LogP contribution in [-0.4, -0.2) is 28.5 Å². The van der Waals surface area contributed by atoms with Gasteiger partial charge in [0.1, 0.15) is 5.56 Å². The molecule has 0 aliphatic carbocycles. The highest BCUT2D eigenvalue weighted by Gasteiger charge is 2.19. The van der Waals surface area contributed by atoms with Crippen molar-refractivity contribution in [3.8, 4) is 0 Å². The molecule has 1 aromatic carbocycles. The predicted molar refractivity (Wildman–Crippen MR) is 71.5 cm³/mol. The highest BCUT2D eigenvalue weighted by atomic mass is 16.6. The van der Waals surface area contributed by atoms with E-state index in [4.69, 9.17) is 5.11 Å². The molecule has 1 aromatic rings. The molecule has 7 nitrogen and oxygen atoms in total. The van der Waals surface area contributed by atoms with Gasteiger partial charge in [-0.3, -0.25) is 19.7 Å². The number of carbonyl (C=O) groups excluding carboxylic acids is 1. The van der Waals surface area contributed by atoms with Crippen LogP contribution in [0.4, 0.5) is 5.69 Å². The average Bonchev–Trinajstić information content (AvgIpc) is 2.42. The number of carbonyl (C=O) groups is 2. The van der Waals surface area contributed by atoms with E-state index in [1.54, 1.807) is 6.07 Å². The van der Waals surface area contributed by atoms with Gasteiger partial charge < -0.3 is 10.4 Å². The Morgan fingerprint density at radius 3 is 2.65 bits per heavy atom. The molecule has 0 aromatic heterocycles. The minimum Gasteiger partial charge on any atom is -0.481 e. The maximum atomic E-state index is 11.9. The first-order chi connectivity index (χ1) is 9.41. The van der Waals surface area contributed by atoms with Gasteiger partial charge in [-0.1, -0.05) is 19.1 Å². The second-order valence-electron chi connectivity index (χ2n) is 4.52. The van der Waals surface area contributed by atoms with Crippen molar-refractivity contribution in [3.63, 3.8) is 0 Å². The van der Waals surface area contributed by atoms with Gasteiger partial charge in [-0.05, 0) is 18.4 Å². The number of benzene rings is 1. The molecule has 0 radical (unpaired) electrons. The van der Waals surface area contributed by atoms with Gasteiger partial charge in [-0.15, -0.1) is 0 Å². The lowest BCUT2D eigenvalue weighted by molar-refractivity contribution is -0.385. The zero-order valence-electron chi connectivity index (χ0n) is 11.0. The quantitative estimate of drug-likeness (QED) is 0.584. The van der Waals surface area contributed by atoms with Crippen LogP contribution in [0.15, 0.2) is 24.3 Å². The minimum atomic E-state index is -0.887. The summed E-state index contributed by atoms with van der Waals surface area (Å²) < 4.78 is 0. The molecule has 0 saturated heterocycles. The molecule has 0 heterocycles. The number of hydrogen-bond acceptors (Lipinski definition) is 4. The summed E-state index contributed by atoms with van der Waals surface area (Å²) >= 11 is 0. The standard InChI is InChI=1S/C13H16N2O5/c1-9(6-7-12(16)17)8-14-13(18)10-4-2-3-5-11(10)15(19)20/h2-5,9H,6-8H2,1H3,(H,14,18)(H,16,17). The molecule has 0 saturated carbocycles. The Morgan fingerprint density at radius 2 is 2.05 bits per heavy atom. The van der Waals surface area contributed by atoms with E-state index in [9.17, 15) is 19.7 Å². The lowest BCUT2D eigenvalue weighted by Gasteiger charge is -2.11. The first-order valence-corrected chi connectivity index (χ1v) is 6.15. The van der Waals surface area contributed by atoms with E-state index in [2.05, 4.69) is 5.32 Å². The number of hydrogen-bond donors (Lipinski definition) is 2. The summed E-state index contributed by atoms with van der Waals surface area (Å²) in [6, 6.07) is 5.69. The van der Waals surface area contributed by atoms with Crippen molar-refractivity contribution >= 4 is 17.6 Å². The zero-order chi connectivity index (χ0) is 15.1. The second kappa shape index (κ2) is 7.22. The van der Waals surface area contributed by atoms with Gasteiger partial charge in [0.15, 0.2) is 0 Å². The lowest BCUT2D eigenvalue weighted by Crippen LogP contribution is -2.29. The highest BCUT2D eigenvalue weighted by molar-refractivity contribution is 5.98. The SMILES string of the molecule is CC(CCC(=O)O)CNC(=O)c1ccccc1[N+](=O)[O-]. The summed E-state index contributed by atoms with van der Waals surface area (Å²) in [6.45, 7) is 2.08. The fourth-order valence-electron chi connectivity index (χ4n) is 1.66. The van der Waals surface area contributed by atoms with Crippen molar-refractivity contribution in [2.24, 2.45) is 5.92 Å². The van der Waals surface area contributed by atoms with Crippen LogP contribution in [0.5, 0.6) is 0 Å². The molecule has 0 fully saturated rings. The van der Waals surface area contributed by atoms with E-state index in [1.165, 1.54) is 18.2 Å². The number of amides is 1. The van der Waals surface area contributed by atoms with Gasteiger partial charge in [0.2, 0.25) is 0 Å². The Labute approximate surface area is 115 Å². The van der Waals surface area contributed by atoms with Crippen LogP contribution in [0.1, 0.15) is 30.1 Å². The van der Waals surface area contributed by atoms with Crippen LogP contribution in [0, 0.1) is 16.0 Å². The zero-order valence-corrected chi connectivity index (χ0v) is 11.0. The molecule has 0 bridgehead atoms. The third-order valence-electron chi connectivity index (χ3n) is 2.81. The number of rotatable bonds is 7. The van der Waals surface area contributed by atoms with Crippen molar-refractivity contribution in [1.29, 1.82) is 0 Å². The Bertz CT molecular complexity index is 515. The fraction of sp³-hybridized carbons (Fsp3) is 0.385. The Hall–Kier alpha value is -2.44. The molecule has 1 amide bonds. The van der Waals surface area contributed by atoms with Crippen LogP contribution in [-0.2, 0) is 4.79 Å². The molecule has 0 aliphatic heterocycles. The molecule has 20 heavy (non-hydrogen) atoms. The monoisotopic (exact) mass is 280 g/mol. The summed E-state index contributed by atoms with van der Waals surface area (Å²) in [7, 11) is 0. The van der Waals surface area contributed by atoms with E-state index >= 15 is 0 Å².